The zero-order chi connectivity index (χ0) is 19.4. The van der Waals surface area contributed by atoms with E-state index in [-0.39, 0.29) is 11.9 Å². The second kappa shape index (κ2) is 8.03. The lowest BCUT2D eigenvalue weighted by atomic mass is 10.1. The van der Waals surface area contributed by atoms with Crippen LogP contribution >= 0.6 is 0 Å². The first-order valence-corrected chi connectivity index (χ1v) is 8.99. The summed E-state index contributed by atoms with van der Waals surface area (Å²) in [6.45, 7) is 1.86. The van der Waals surface area contributed by atoms with Crippen molar-refractivity contribution in [3.63, 3.8) is 0 Å². The van der Waals surface area contributed by atoms with Crippen molar-refractivity contribution in [2.45, 2.75) is 31.8 Å². The Morgan fingerprint density at radius 2 is 1.70 bits per heavy atom. The Bertz CT molecular complexity index is 851. The molecule has 1 heterocycles. The second-order valence-corrected chi connectivity index (χ2v) is 6.76. The van der Waals surface area contributed by atoms with Gasteiger partial charge in [0, 0.05) is 24.3 Å². The van der Waals surface area contributed by atoms with E-state index in [0.717, 1.165) is 18.5 Å². The summed E-state index contributed by atoms with van der Waals surface area (Å²) in [4.78, 5) is 38.3. The molecule has 6 heteroatoms. The third-order valence-corrected chi connectivity index (χ3v) is 4.75. The van der Waals surface area contributed by atoms with E-state index < -0.39 is 17.9 Å². The summed E-state index contributed by atoms with van der Waals surface area (Å²) in [6.07, 6.45) is 1.53. The number of nitrogens with one attached hydrogen (secondary N) is 2. The Labute approximate surface area is 158 Å². The van der Waals surface area contributed by atoms with Gasteiger partial charge >= 0.3 is 11.8 Å². The number of para-hydroxylation sites is 1. The minimum atomic E-state index is -0.830. The van der Waals surface area contributed by atoms with Gasteiger partial charge in [0.1, 0.15) is 6.04 Å². The minimum Gasteiger partial charge on any atom is -0.345 e. The molecule has 2 unspecified atom stereocenters. The van der Waals surface area contributed by atoms with Gasteiger partial charge in [-0.15, -0.1) is 0 Å². The van der Waals surface area contributed by atoms with Crippen LogP contribution in [0.3, 0.4) is 0 Å². The van der Waals surface area contributed by atoms with Gasteiger partial charge < -0.3 is 15.5 Å². The van der Waals surface area contributed by atoms with Crippen LogP contribution in [0.2, 0.25) is 0 Å². The quantitative estimate of drug-likeness (QED) is 0.795. The van der Waals surface area contributed by atoms with E-state index in [0.29, 0.717) is 5.56 Å². The molecule has 0 aliphatic carbocycles. The third kappa shape index (κ3) is 4.16. The van der Waals surface area contributed by atoms with E-state index in [1.54, 1.807) is 19.2 Å². The number of carbonyl (C=O) groups excluding carboxylic acids is 3. The largest absolute Gasteiger partial charge is 0.345 e. The maximum atomic E-state index is 12.4. The first-order valence-electron chi connectivity index (χ1n) is 8.99. The van der Waals surface area contributed by atoms with Gasteiger partial charge in [0.2, 0.25) is 0 Å². The molecule has 27 heavy (non-hydrogen) atoms. The van der Waals surface area contributed by atoms with Crippen molar-refractivity contribution in [1.82, 2.24) is 10.6 Å². The van der Waals surface area contributed by atoms with Gasteiger partial charge in [-0.3, -0.25) is 14.4 Å². The summed E-state index contributed by atoms with van der Waals surface area (Å²) in [6, 6.07) is 16.2. The van der Waals surface area contributed by atoms with E-state index in [2.05, 4.69) is 10.6 Å². The van der Waals surface area contributed by atoms with Crippen molar-refractivity contribution in [3.8, 4) is 0 Å². The maximum Gasteiger partial charge on any atom is 0.310 e. The first kappa shape index (κ1) is 18.6. The van der Waals surface area contributed by atoms with Crippen molar-refractivity contribution >= 4 is 23.4 Å². The van der Waals surface area contributed by atoms with Gasteiger partial charge in [-0.1, -0.05) is 48.5 Å². The number of carbonyl (C=O) groups is 3. The summed E-state index contributed by atoms with van der Waals surface area (Å²) < 4.78 is 0. The molecular formula is C21H23N3O3. The summed E-state index contributed by atoms with van der Waals surface area (Å²) in [5.41, 5.74) is 2.62. The van der Waals surface area contributed by atoms with Crippen LogP contribution in [0.15, 0.2) is 54.6 Å². The highest BCUT2D eigenvalue weighted by Crippen LogP contribution is 2.34. The molecule has 3 amide bonds. The van der Waals surface area contributed by atoms with Crippen LogP contribution in [0.1, 0.15) is 30.5 Å². The van der Waals surface area contributed by atoms with Crippen LogP contribution in [-0.4, -0.2) is 30.8 Å². The molecule has 140 valence electrons. The summed E-state index contributed by atoms with van der Waals surface area (Å²) in [7, 11) is 1.65. The maximum absolute atomic E-state index is 12.4. The number of amides is 3. The molecule has 6 nitrogen and oxygen atoms in total. The molecule has 1 aliphatic rings. The summed E-state index contributed by atoms with van der Waals surface area (Å²) >= 11 is 0. The van der Waals surface area contributed by atoms with Crippen molar-refractivity contribution < 1.29 is 14.4 Å². The van der Waals surface area contributed by atoms with E-state index in [4.69, 9.17) is 0 Å². The number of anilines is 1. The molecule has 0 radical (unpaired) electrons. The standard InChI is InChI=1S/C21H23N3O3/c1-14(12-13-15-8-4-3-5-9-15)22-19(25)20(26)23-18-16-10-6-7-11-17(16)24(2)21(18)27/h3-11,14,18H,12-13H2,1-2H3,(H,22,25)(H,23,26). The molecule has 0 saturated heterocycles. The Morgan fingerprint density at radius 1 is 1.04 bits per heavy atom. The molecule has 0 fully saturated rings. The average molecular weight is 365 g/mol. The van der Waals surface area contributed by atoms with Crippen LogP contribution in [0.5, 0.6) is 0 Å². The normalized spacial score (nSPS) is 16.6. The number of rotatable bonds is 5. The minimum absolute atomic E-state index is 0.155. The molecule has 0 aromatic heterocycles. The highest BCUT2D eigenvalue weighted by atomic mass is 16.2. The number of aryl methyl sites for hydroxylation is 1. The molecule has 0 spiro atoms. The van der Waals surface area contributed by atoms with Gasteiger partial charge in [-0.2, -0.15) is 0 Å². The number of fused-ring (bicyclic) bond motifs is 1. The lowest BCUT2D eigenvalue weighted by Gasteiger charge is -2.16. The van der Waals surface area contributed by atoms with Crippen LogP contribution in [0.25, 0.3) is 0 Å². The second-order valence-electron chi connectivity index (χ2n) is 6.76. The predicted octanol–water partition coefficient (Wildman–Crippen LogP) is 1.96. The number of hydrogen-bond donors (Lipinski definition) is 2. The lowest BCUT2D eigenvalue weighted by Crippen LogP contribution is -2.46. The molecule has 2 N–H and O–H groups in total. The van der Waals surface area contributed by atoms with Crippen molar-refractivity contribution in [1.29, 1.82) is 0 Å². The molecule has 0 bridgehead atoms. The first-order chi connectivity index (χ1) is 13.0. The fourth-order valence-electron chi connectivity index (χ4n) is 3.21. The van der Waals surface area contributed by atoms with Crippen LogP contribution in [0, 0.1) is 0 Å². The highest BCUT2D eigenvalue weighted by molar-refractivity contribution is 6.35. The van der Waals surface area contributed by atoms with Gasteiger partial charge in [-0.05, 0) is 31.4 Å². The molecule has 2 atom stereocenters. The molecule has 2 aromatic carbocycles. The van der Waals surface area contributed by atoms with Crippen LogP contribution in [0.4, 0.5) is 5.69 Å². The van der Waals surface area contributed by atoms with Crippen molar-refractivity contribution in [2.75, 3.05) is 11.9 Å². The number of benzene rings is 2. The SMILES string of the molecule is CC(CCc1ccccc1)NC(=O)C(=O)NC1C(=O)N(C)c2ccccc21. The number of likely N-dealkylation sites (N-methyl/N-ethyl adjacent to an activating group) is 1. The Kier molecular flexibility index (Phi) is 5.54. The van der Waals surface area contributed by atoms with E-state index in [9.17, 15) is 14.4 Å². The molecule has 2 aromatic rings. The Balaban J connectivity index is 1.55. The average Bonchev–Trinajstić information content (AvgIpc) is 2.92. The Morgan fingerprint density at radius 3 is 2.44 bits per heavy atom. The molecule has 3 rings (SSSR count). The van der Waals surface area contributed by atoms with E-state index >= 15 is 0 Å². The molecule has 0 saturated carbocycles. The Hall–Kier alpha value is -3.15. The predicted molar refractivity (Wildman–Crippen MR) is 103 cm³/mol. The number of nitrogens with zero attached hydrogens (tertiary/aromatic N) is 1. The summed E-state index contributed by atoms with van der Waals surface area (Å²) in [5.74, 6) is -1.78. The van der Waals surface area contributed by atoms with Crippen LogP contribution < -0.4 is 15.5 Å². The zero-order valence-corrected chi connectivity index (χ0v) is 15.4. The molecular weight excluding hydrogens is 342 g/mol. The lowest BCUT2D eigenvalue weighted by molar-refractivity contribution is -0.140. The molecule has 1 aliphatic heterocycles. The smallest absolute Gasteiger partial charge is 0.310 e. The fraction of sp³-hybridized carbons (Fsp3) is 0.286. The third-order valence-electron chi connectivity index (χ3n) is 4.75. The monoisotopic (exact) mass is 365 g/mol. The van der Waals surface area contributed by atoms with Gasteiger partial charge in [0.25, 0.3) is 5.91 Å². The summed E-state index contributed by atoms with van der Waals surface area (Å²) in [5, 5.41) is 5.25. The van der Waals surface area contributed by atoms with Gasteiger partial charge in [0.15, 0.2) is 0 Å². The van der Waals surface area contributed by atoms with Crippen molar-refractivity contribution in [2.24, 2.45) is 0 Å². The number of hydrogen-bond acceptors (Lipinski definition) is 3. The van der Waals surface area contributed by atoms with Gasteiger partial charge in [0.05, 0.1) is 0 Å². The zero-order valence-electron chi connectivity index (χ0n) is 15.4. The van der Waals surface area contributed by atoms with Gasteiger partial charge in [-0.25, -0.2) is 0 Å². The fourth-order valence-corrected chi connectivity index (χ4v) is 3.21. The van der Waals surface area contributed by atoms with E-state index in [1.165, 1.54) is 10.5 Å². The topological polar surface area (TPSA) is 78.5 Å². The highest BCUT2D eigenvalue weighted by Gasteiger charge is 2.36. The van der Waals surface area contributed by atoms with Crippen LogP contribution in [-0.2, 0) is 20.8 Å². The van der Waals surface area contributed by atoms with Crippen molar-refractivity contribution in [3.05, 3.63) is 65.7 Å². The van der Waals surface area contributed by atoms with E-state index in [1.807, 2.05) is 49.4 Å².